The second-order valence-electron chi connectivity index (χ2n) is 6.10. The maximum Gasteiger partial charge on any atom is 0.407 e. The molecular weight excluding hydrogens is 282 g/mol. The fourth-order valence-electron chi connectivity index (χ4n) is 3.35. The molecule has 2 amide bonds. The number of anilines is 1. The quantitative estimate of drug-likeness (QED) is 0.836. The third-order valence-electron chi connectivity index (χ3n) is 4.77. The predicted molar refractivity (Wildman–Crippen MR) is 82.5 cm³/mol. The minimum atomic E-state index is -0.834. The lowest BCUT2D eigenvalue weighted by Gasteiger charge is -2.30. The number of nitrogens with zero attached hydrogens (tertiary/aromatic N) is 2. The van der Waals surface area contributed by atoms with Crippen LogP contribution in [-0.2, 0) is 6.54 Å². The zero-order valence-electron chi connectivity index (χ0n) is 12.5. The Hall–Kier alpha value is -2.24. The molecule has 0 saturated carbocycles. The van der Waals surface area contributed by atoms with Crippen LogP contribution in [0.15, 0.2) is 18.2 Å². The van der Waals surface area contributed by atoms with Crippen LogP contribution in [0, 0.1) is 5.92 Å². The topological polar surface area (TPSA) is 86.9 Å². The molecule has 6 nitrogen and oxygen atoms in total. The zero-order chi connectivity index (χ0) is 15.7. The van der Waals surface area contributed by atoms with Gasteiger partial charge >= 0.3 is 6.09 Å². The molecule has 3 rings (SSSR count). The number of amides is 2. The average Bonchev–Trinajstić information content (AvgIpc) is 2.84. The van der Waals surface area contributed by atoms with Crippen LogP contribution < -0.4 is 5.73 Å². The minimum absolute atomic E-state index is 0.0604. The van der Waals surface area contributed by atoms with Crippen LogP contribution in [0.3, 0.4) is 0 Å². The maximum atomic E-state index is 12.3. The van der Waals surface area contributed by atoms with E-state index in [1.165, 1.54) is 4.90 Å². The van der Waals surface area contributed by atoms with Gasteiger partial charge in [-0.25, -0.2) is 4.79 Å². The van der Waals surface area contributed by atoms with E-state index in [0.717, 1.165) is 30.4 Å². The van der Waals surface area contributed by atoms with Gasteiger partial charge in [0.25, 0.3) is 5.91 Å². The van der Waals surface area contributed by atoms with Gasteiger partial charge in [-0.1, -0.05) is 6.07 Å². The Bertz CT molecular complexity index is 594. The van der Waals surface area contributed by atoms with Gasteiger partial charge in [-0.2, -0.15) is 0 Å². The highest BCUT2D eigenvalue weighted by molar-refractivity contribution is 5.99. The van der Waals surface area contributed by atoms with Crippen LogP contribution in [0.1, 0.15) is 35.2 Å². The molecular formula is C16H21N3O3. The molecule has 2 aliphatic rings. The van der Waals surface area contributed by atoms with Crippen molar-refractivity contribution in [2.75, 3.05) is 25.4 Å². The normalized spacial score (nSPS) is 18.6. The molecule has 1 saturated heterocycles. The number of carboxylic acid groups (broad SMARTS) is 1. The van der Waals surface area contributed by atoms with Crippen LogP contribution in [0.2, 0.25) is 0 Å². The second kappa shape index (κ2) is 5.87. The standard InChI is InChI=1S/C16H21N3O3/c17-14-3-1-2-12-13(14)10-19(15(12)20)9-6-11-4-7-18(8-5-11)16(21)22/h1-3,11H,4-10,17H2,(H,21,22). The Morgan fingerprint density at radius 2 is 2.05 bits per heavy atom. The monoisotopic (exact) mass is 303 g/mol. The molecule has 0 bridgehead atoms. The van der Waals surface area contributed by atoms with E-state index in [4.69, 9.17) is 10.8 Å². The Kier molecular flexibility index (Phi) is 3.92. The van der Waals surface area contributed by atoms with Crippen molar-refractivity contribution < 1.29 is 14.7 Å². The highest BCUT2D eigenvalue weighted by Crippen LogP contribution is 2.29. The molecule has 0 aliphatic carbocycles. The number of benzene rings is 1. The molecule has 1 fully saturated rings. The minimum Gasteiger partial charge on any atom is -0.465 e. The van der Waals surface area contributed by atoms with Crippen LogP contribution in [0.25, 0.3) is 0 Å². The summed E-state index contributed by atoms with van der Waals surface area (Å²) in [6.45, 7) is 2.50. The van der Waals surface area contributed by atoms with Crippen molar-refractivity contribution in [2.45, 2.75) is 25.8 Å². The third kappa shape index (κ3) is 2.73. The molecule has 22 heavy (non-hydrogen) atoms. The highest BCUT2D eigenvalue weighted by Gasteiger charge is 2.29. The number of piperidine rings is 1. The summed E-state index contributed by atoms with van der Waals surface area (Å²) in [5.74, 6) is 0.551. The van der Waals surface area contributed by atoms with E-state index in [2.05, 4.69) is 0 Å². The zero-order valence-corrected chi connectivity index (χ0v) is 12.5. The molecule has 0 atom stereocenters. The molecule has 0 spiro atoms. The molecule has 0 unspecified atom stereocenters. The van der Waals surface area contributed by atoms with Crippen molar-refractivity contribution in [1.82, 2.24) is 9.80 Å². The van der Waals surface area contributed by atoms with Gasteiger partial charge in [0, 0.05) is 43.0 Å². The van der Waals surface area contributed by atoms with Crippen molar-refractivity contribution in [2.24, 2.45) is 5.92 Å². The van der Waals surface area contributed by atoms with E-state index in [0.29, 0.717) is 37.8 Å². The maximum absolute atomic E-state index is 12.3. The molecule has 2 aliphatic heterocycles. The van der Waals surface area contributed by atoms with E-state index >= 15 is 0 Å². The Balaban J connectivity index is 1.53. The molecule has 1 aromatic rings. The first-order valence-corrected chi connectivity index (χ1v) is 7.70. The van der Waals surface area contributed by atoms with E-state index < -0.39 is 6.09 Å². The van der Waals surface area contributed by atoms with Crippen LogP contribution in [0.4, 0.5) is 10.5 Å². The number of carbonyl (C=O) groups excluding carboxylic acids is 1. The van der Waals surface area contributed by atoms with Crippen molar-refractivity contribution >= 4 is 17.7 Å². The van der Waals surface area contributed by atoms with Gasteiger partial charge < -0.3 is 20.6 Å². The van der Waals surface area contributed by atoms with E-state index in [1.54, 1.807) is 0 Å². The van der Waals surface area contributed by atoms with Crippen molar-refractivity contribution in [1.29, 1.82) is 0 Å². The van der Waals surface area contributed by atoms with E-state index in [9.17, 15) is 9.59 Å². The summed E-state index contributed by atoms with van der Waals surface area (Å²) in [5, 5.41) is 8.95. The van der Waals surface area contributed by atoms with Crippen molar-refractivity contribution in [3.05, 3.63) is 29.3 Å². The van der Waals surface area contributed by atoms with Crippen LogP contribution in [-0.4, -0.2) is 46.5 Å². The van der Waals surface area contributed by atoms with Gasteiger partial charge in [-0.05, 0) is 37.3 Å². The largest absolute Gasteiger partial charge is 0.465 e. The molecule has 6 heteroatoms. The fraction of sp³-hybridized carbons (Fsp3) is 0.500. The SMILES string of the molecule is Nc1cccc2c1CN(CCC1CCN(C(=O)O)CC1)C2=O. The van der Waals surface area contributed by atoms with Gasteiger partial charge in [0.2, 0.25) is 0 Å². The summed E-state index contributed by atoms with van der Waals surface area (Å²) >= 11 is 0. The summed E-state index contributed by atoms with van der Waals surface area (Å²) in [6.07, 6.45) is 1.85. The molecule has 118 valence electrons. The summed E-state index contributed by atoms with van der Waals surface area (Å²) in [7, 11) is 0. The lowest BCUT2D eigenvalue weighted by atomic mass is 9.93. The number of rotatable bonds is 3. The summed E-state index contributed by atoms with van der Waals surface area (Å²) in [6, 6.07) is 5.48. The first-order valence-electron chi connectivity index (χ1n) is 7.70. The summed E-state index contributed by atoms with van der Waals surface area (Å²) in [4.78, 5) is 26.6. The fourth-order valence-corrected chi connectivity index (χ4v) is 3.35. The lowest BCUT2D eigenvalue weighted by molar-refractivity contribution is 0.0758. The Morgan fingerprint density at radius 1 is 1.32 bits per heavy atom. The highest BCUT2D eigenvalue weighted by atomic mass is 16.4. The molecule has 1 aromatic carbocycles. The van der Waals surface area contributed by atoms with Gasteiger partial charge in [-0.15, -0.1) is 0 Å². The first-order chi connectivity index (χ1) is 10.6. The van der Waals surface area contributed by atoms with Gasteiger partial charge in [0.15, 0.2) is 0 Å². The number of hydrogen-bond acceptors (Lipinski definition) is 3. The molecule has 0 radical (unpaired) electrons. The van der Waals surface area contributed by atoms with Crippen molar-refractivity contribution in [3.8, 4) is 0 Å². The Labute approximate surface area is 129 Å². The summed E-state index contributed by atoms with van der Waals surface area (Å²) < 4.78 is 0. The van der Waals surface area contributed by atoms with E-state index in [1.807, 2.05) is 23.1 Å². The van der Waals surface area contributed by atoms with Crippen molar-refractivity contribution in [3.63, 3.8) is 0 Å². The second-order valence-corrected chi connectivity index (χ2v) is 6.10. The number of nitrogen functional groups attached to an aromatic ring is 1. The number of fused-ring (bicyclic) bond motifs is 1. The lowest BCUT2D eigenvalue weighted by Crippen LogP contribution is -2.38. The average molecular weight is 303 g/mol. The first kappa shape index (κ1) is 14.7. The molecule has 2 heterocycles. The molecule has 3 N–H and O–H groups in total. The number of nitrogens with two attached hydrogens (primary N) is 1. The Morgan fingerprint density at radius 3 is 2.68 bits per heavy atom. The summed E-state index contributed by atoms with van der Waals surface area (Å²) in [5.41, 5.74) is 8.28. The number of carbonyl (C=O) groups is 2. The van der Waals surface area contributed by atoms with Crippen LogP contribution >= 0.6 is 0 Å². The number of likely N-dealkylation sites (tertiary alicyclic amines) is 1. The third-order valence-corrected chi connectivity index (χ3v) is 4.77. The van der Waals surface area contributed by atoms with Crippen LogP contribution in [0.5, 0.6) is 0 Å². The van der Waals surface area contributed by atoms with E-state index in [-0.39, 0.29) is 5.91 Å². The van der Waals surface area contributed by atoms with Gasteiger partial charge in [-0.3, -0.25) is 4.79 Å². The van der Waals surface area contributed by atoms with Gasteiger partial charge in [0.05, 0.1) is 0 Å². The smallest absolute Gasteiger partial charge is 0.407 e. The predicted octanol–water partition coefficient (Wildman–Crippen LogP) is 2.00. The molecule has 0 aromatic heterocycles. The van der Waals surface area contributed by atoms with Gasteiger partial charge in [0.1, 0.15) is 0 Å². The number of hydrogen-bond donors (Lipinski definition) is 2.